The Hall–Kier alpha value is -3.12. The summed E-state index contributed by atoms with van der Waals surface area (Å²) in [6.07, 6.45) is 9.35. The Bertz CT molecular complexity index is 1650. The van der Waals surface area contributed by atoms with Gasteiger partial charge in [-0.25, -0.2) is 22.8 Å². The highest BCUT2D eigenvalue weighted by Crippen LogP contribution is 2.47. The van der Waals surface area contributed by atoms with Crippen molar-refractivity contribution in [3.8, 4) is 11.3 Å². The number of halogens is 1. The summed E-state index contributed by atoms with van der Waals surface area (Å²) in [4.78, 5) is 29.7. The van der Waals surface area contributed by atoms with E-state index >= 15 is 4.39 Å². The third-order valence-corrected chi connectivity index (χ3v) is 11.4. The molecule has 3 atom stereocenters. The summed E-state index contributed by atoms with van der Waals surface area (Å²) in [6, 6.07) is 4.67. The molecule has 0 spiro atoms. The maximum atomic E-state index is 15.3. The van der Waals surface area contributed by atoms with Gasteiger partial charge in [0.1, 0.15) is 17.0 Å². The van der Waals surface area contributed by atoms with Crippen LogP contribution >= 0.6 is 0 Å². The Morgan fingerprint density at radius 3 is 2.43 bits per heavy atom. The number of rotatable bonds is 8. The van der Waals surface area contributed by atoms with Gasteiger partial charge in [-0.05, 0) is 96.9 Å². The smallest absolute Gasteiger partial charge is 0.278 e. The number of hydrogen-bond donors (Lipinski definition) is 2. The van der Waals surface area contributed by atoms with E-state index in [4.69, 9.17) is 0 Å². The molecule has 2 bridgehead atoms. The zero-order chi connectivity index (χ0) is 29.8. The van der Waals surface area contributed by atoms with Gasteiger partial charge in [0.2, 0.25) is 16.0 Å². The highest BCUT2D eigenvalue weighted by Gasteiger charge is 2.46. The molecule has 3 unspecified atom stereocenters. The van der Waals surface area contributed by atoms with Crippen LogP contribution in [0, 0.1) is 17.7 Å². The van der Waals surface area contributed by atoms with Crippen molar-refractivity contribution in [1.29, 1.82) is 0 Å². The van der Waals surface area contributed by atoms with E-state index < -0.39 is 26.6 Å². The van der Waals surface area contributed by atoms with Gasteiger partial charge in [0, 0.05) is 23.7 Å². The Balaban J connectivity index is 1.26. The molecule has 2 N–H and O–H groups in total. The van der Waals surface area contributed by atoms with Gasteiger partial charge >= 0.3 is 0 Å². The van der Waals surface area contributed by atoms with Crippen LogP contribution < -0.4 is 15.6 Å². The molecule has 10 nitrogen and oxygen atoms in total. The lowest BCUT2D eigenvalue weighted by molar-refractivity contribution is 0.221. The second-order valence-corrected chi connectivity index (χ2v) is 14.7. The molecule has 2 aromatic heterocycles. The Morgan fingerprint density at radius 1 is 1.05 bits per heavy atom. The van der Waals surface area contributed by atoms with E-state index in [1.165, 1.54) is 18.2 Å². The number of nitrogens with one attached hydrogen (secondary N) is 2. The first-order valence-electron chi connectivity index (χ1n) is 15.0. The van der Waals surface area contributed by atoms with Crippen LogP contribution in [0.25, 0.3) is 22.4 Å². The van der Waals surface area contributed by atoms with E-state index in [-0.39, 0.29) is 34.9 Å². The minimum Gasteiger partial charge on any atom is -0.351 e. The lowest BCUT2D eigenvalue weighted by Gasteiger charge is -2.32. The summed E-state index contributed by atoms with van der Waals surface area (Å²) in [5.74, 6) is 0.292. The van der Waals surface area contributed by atoms with Gasteiger partial charge < -0.3 is 10.2 Å². The van der Waals surface area contributed by atoms with Crippen molar-refractivity contribution in [3.63, 3.8) is 0 Å². The van der Waals surface area contributed by atoms with Crippen LogP contribution in [0.3, 0.4) is 0 Å². The molecule has 0 saturated heterocycles. The van der Waals surface area contributed by atoms with E-state index in [0.717, 1.165) is 44.9 Å². The number of sulfonamides is 1. The van der Waals surface area contributed by atoms with Crippen LogP contribution in [0.1, 0.15) is 71.3 Å². The van der Waals surface area contributed by atoms with Crippen molar-refractivity contribution < 1.29 is 12.8 Å². The molecule has 1 aromatic carbocycles. The zero-order valence-corrected chi connectivity index (χ0v) is 25.5. The molecule has 226 valence electrons. The van der Waals surface area contributed by atoms with Gasteiger partial charge in [0.05, 0.1) is 17.1 Å². The Labute approximate surface area is 246 Å². The van der Waals surface area contributed by atoms with Crippen molar-refractivity contribution >= 4 is 32.8 Å². The number of aromatic nitrogens is 4. The summed E-state index contributed by atoms with van der Waals surface area (Å²) in [5.41, 5.74) is 0.629. The van der Waals surface area contributed by atoms with E-state index in [2.05, 4.69) is 44.0 Å². The Kier molecular flexibility index (Phi) is 7.71. The third kappa shape index (κ3) is 5.50. The highest BCUT2D eigenvalue weighted by atomic mass is 32.2. The van der Waals surface area contributed by atoms with Gasteiger partial charge in [-0.3, -0.25) is 14.1 Å². The minimum absolute atomic E-state index is 0.0592. The molecule has 12 heteroatoms. The fourth-order valence-electron chi connectivity index (χ4n) is 7.20. The van der Waals surface area contributed by atoms with Crippen molar-refractivity contribution in [2.75, 3.05) is 24.1 Å². The quantitative estimate of drug-likeness (QED) is 0.380. The molecule has 3 aromatic rings. The lowest BCUT2D eigenvalue weighted by atomic mass is 9.91. The average Bonchev–Trinajstić information content (AvgIpc) is 3.59. The van der Waals surface area contributed by atoms with Crippen molar-refractivity contribution in [3.05, 3.63) is 40.6 Å². The van der Waals surface area contributed by atoms with Crippen LogP contribution in [0.2, 0.25) is 0 Å². The van der Waals surface area contributed by atoms with Crippen molar-refractivity contribution in [1.82, 2.24) is 24.4 Å². The summed E-state index contributed by atoms with van der Waals surface area (Å²) >= 11 is 0. The first-order chi connectivity index (χ1) is 20.0. The lowest BCUT2D eigenvalue weighted by Crippen LogP contribution is -2.36. The van der Waals surface area contributed by atoms with Crippen LogP contribution in [-0.2, 0) is 10.0 Å². The van der Waals surface area contributed by atoms with Crippen LogP contribution in [0.5, 0.6) is 0 Å². The maximum absolute atomic E-state index is 15.3. The topological polar surface area (TPSA) is 122 Å². The third-order valence-electron chi connectivity index (χ3n) is 9.47. The zero-order valence-electron chi connectivity index (χ0n) is 24.7. The van der Waals surface area contributed by atoms with Gasteiger partial charge in [-0.2, -0.15) is 4.98 Å². The number of hydrogen-bond acceptors (Lipinski definition) is 8. The van der Waals surface area contributed by atoms with Crippen LogP contribution in [-0.4, -0.2) is 64.3 Å². The average molecular weight is 598 g/mol. The second-order valence-electron chi connectivity index (χ2n) is 12.8. The first kappa shape index (κ1) is 29.0. The predicted octanol–water partition coefficient (Wildman–Crippen LogP) is 4.79. The molecule has 0 radical (unpaired) electrons. The fourth-order valence-corrected chi connectivity index (χ4v) is 9.10. The minimum atomic E-state index is -3.72. The van der Waals surface area contributed by atoms with E-state index in [9.17, 15) is 13.2 Å². The molecule has 2 heterocycles. The number of anilines is 2. The van der Waals surface area contributed by atoms with Crippen LogP contribution in [0.4, 0.5) is 16.0 Å². The molecule has 3 saturated carbocycles. The monoisotopic (exact) mass is 597 g/mol. The molecule has 3 aliphatic rings. The normalized spacial score (nSPS) is 25.9. The fraction of sp³-hybridized carbons (Fsp3) is 0.600. The highest BCUT2D eigenvalue weighted by molar-refractivity contribution is 7.93. The summed E-state index contributed by atoms with van der Waals surface area (Å²) in [7, 11) is 0.508. The predicted molar refractivity (Wildman–Crippen MR) is 163 cm³/mol. The van der Waals surface area contributed by atoms with E-state index in [1.54, 1.807) is 10.8 Å². The maximum Gasteiger partial charge on any atom is 0.278 e. The first-order valence-corrected chi connectivity index (χ1v) is 16.6. The Morgan fingerprint density at radius 2 is 1.81 bits per heavy atom. The van der Waals surface area contributed by atoms with Gasteiger partial charge in [0.25, 0.3) is 5.56 Å². The molecule has 0 amide bonds. The van der Waals surface area contributed by atoms with E-state index in [0.29, 0.717) is 35.5 Å². The molecule has 42 heavy (non-hydrogen) atoms. The molecule has 0 aliphatic heterocycles. The van der Waals surface area contributed by atoms with Crippen LogP contribution in [0.15, 0.2) is 29.2 Å². The summed E-state index contributed by atoms with van der Waals surface area (Å²) in [5, 5.41) is 2.95. The number of benzene rings is 1. The summed E-state index contributed by atoms with van der Waals surface area (Å²) < 4.78 is 45.4. The largest absolute Gasteiger partial charge is 0.351 e. The standard InChI is InChI=1S/C30H40FN7O3S/c1-17(2)38-28-25(16-32-30(35-28)33-21-8-10-22(11-9-21)37(3)4)34-27(29(38)39)20-7-12-24(23(31)15-20)36-42(40,41)26-14-18-5-6-19(26)13-18/h7,12,15-19,21-22,26,36H,5-6,8-11,13-14H2,1-4H3,(H,32,33,35). The SMILES string of the molecule is CC(C)n1c(=O)c(-c2ccc(NS(=O)(=O)C3CC4CCC3C4)c(F)c2)nc2cnc(NC3CCC(N(C)C)CC3)nc21. The second kappa shape index (κ2) is 11.2. The van der Waals surface area contributed by atoms with Gasteiger partial charge in [-0.1, -0.05) is 12.5 Å². The van der Waals surface area contributed by atoms with Crippen molar-refractivity contribution in [2.45, 2.75) is 88.6 Å². The number of fused-ring (bicyclic) bond motifs is 3. The molecular weight excluding hydrogens is 557 g/mol. The molecule has 3 fully saturated rings. The molecule has 6 rings (SSSR count). The van der Waals surface area contributed by atoms with E-state index in [1.807, 2.05) is 13.8 Å². The van der Waals surface area contributed by atoms with Gasteiger partial charge in [0.15, 0.2) is 5.65 Å². The molecule has 3 aliphatic carbocycles. The van der Waals surface area contributed by atoms with Crippen molar-refractivity contribution in [2.24, 2.45) is 11.8 Å². The summed E-state index contributed by atoms with van der Waals surface area (Å²) in [6.45, 7) is 3.77. The van der Waals surface area contributed by atoms with Gasteiger partial charge in [-0.15, -0.1) is 0 Å². The molecular formula is C30H40FN7O3S. The number of nitrogens with zero attached hydrogens (tertiary/aromatic N) is 5.